The van der Waals surface area contributed by atoms with Crippen LogP contribution in [0.1, 0.15) is 44.2 Å². The van der Waals surface area contributed by atoms with Crippen molar-refractivity contribution in [1.82, 2.24) is 10.2 Å². The zero-order valence-electron chi connectivity index (χ0n) is 20.0. The summed E-state index contributed by atoms with van der Waals surface area (Å²) in [6.07, 6.45) is 1.39. The predicted octanol–water partition coefficient (Wildman–Crippen LogP) is 4.44. The van der Waals surface area contributed by atoms with Crippen molar-refractivity contribution in [2.24, 2.45) is 0 Å². The van der Waals surface area contributed by atoms with E-state index in [1.807, 2.05) is 26.0 Å². The minimum absolute atomic E-state index is 0.0610. The van der Waals surface area contributed by atoms with Gasteiger partial charge in [-0.2, -0.15) is 0 Å². The first-order valence-electron chi connectivity index (χ1n) is 10.9. The maximum absolute atomic E-state index is 13.5. The van der Waals surface area contributed by atoms with E-state index in [-0.39, 0.29) is 18.4 Å². The van der Waals surface area contributed by atoms with Gasteiger partial charge in [-0.25, -0.2) is 8.42 Å². The summed E-state index contributed by atoms with van der Waals surface area (Å²) in [5.74, 6) is -0.579. The number of amides is 2. The van der Waals surface area contributed by atoms with Gasteiger partial charge in [0, 0.05) is 13.6 Å². The average molecular weight is 529 g/mol. The number of rotatable bonds is 10. The number of hydrogen-bond donors (Lipinski definition) is 1. The van der Waals surface area contributed by atoms with Gasteiger partial charge >= 0.3 is 0 Å². The summed E-state index contributed by atoms with van der Waals surface area (Å²) < 4.78 is 26.3. The highest BCUT2D eigenvalue weighted by Gasteiger charge is 2.31. The van der Waals surface area contributed by atoms with Crippen LogP contribution in [-0.2, 0) is 26.2 Å². The van der Waals surface area contributed by atoms with Gasteiger partial charge < -0.3 is 10.2 Å². The van der Waals surface area contributed by atoms with Gasteiger partial charge in [0.05, 0.1) is 22.0 Å². The standard InChI is InChI=1S/C24H31Cl2N3O4S/c1-6-22(24(31)27-4)28(14-17-7-12-20(25)21(26)13-17)23(30)15-29(34(5,32)33)19-10-8-18(9-11-19)16(2)3/h7-13,16,22H,6,14-15H2,1-5H3,(H,27,31). The van der Waals surface area contributed by atoms with Gasteiger partial charge in [-0.3, -0.25) is 13.9 Å². The molecule has 0 radical (unpaired) electrons. The Morgan fingerprint density at radius 3 is 2.12 bits per heavy atom. The van der Waals surface area contributed by atoms with Crippen molar-refractivity contribution >= 4 is 50.7 Å². The molecule has 1 unspecified atom stereocenters. The largest absolute Gasteiger partial charge is 0.357 e. The number of benzene rings is 2. The van der Waals surface area contributed by atoms with Gasteiger partial charge in [-0.05, 0) is 47.7 Å². The molecular weight excluding hydrogens is 497 g/mol. The Bertz CT molecular complexity index is 1120. The van der Waals surface area contributed by atoms with E-state index >= 15 is 0 Å². The number of carbonyl (C=O) groups excluding carboxylic acids is 2. The molecule has 34 heavy (non-hydrogen) atoms. The van der Waals surface area contributed by atoms with Crippen LogP contribution < -0.4 is 9.62 Å². The van der Waals surface area contributed by atoms with Crippen LogP contribution in [-0.4, -0.2) is 51.0 Å². The summed E-state index contributed by atoms with van der Waals surface area (Å²) in [4.78, 5) is 27.5. The zero-order chi connectivity index (χ0) is 25.6. The van der Waals surface area contributed by atoms with E-state index in [4.69, 9.17) is 23.2 Å². The Labute approximate surface area is 212 Å². The van der Waals surface area contributed by atoms with E-state index in [1.165, 1.54) is 11.9 Å². The molecule has 0 aliphatic rings. The predicted molar refractivity (Wildman–Crippen MR) is 138 cm³/mol. The fraction of sp³-hybridized carbons (Fsp3) is 0.417. The third kappa shape index (κ3) is 7.10. The molecule has 186 valence electrons. The minimum atomic E-state index is -3.78. The summed E-state index contributed by atoms with van der Waals surface area (Å²) in [6, 6.07) is 11.2. The Morgan fingerprint density at radius 1 is 1.03 bits per heavy atom. The maximum atomic E-state index is 13.5. The monoisotopic (exact) mass is 527 g/mol. The number of sulfonamides is 1. The number of hydrogen-bond acceptors (Lipinski definition) is 4. The van der Waals surface area contributed by atoms with Crippen LogP contribution in [0.3, 0.4) is 0 Å². The lowest BCUT2D eigenvalue weighted by atomic mass is 10.0. The number of likely N-dealkylation sites (N-methyl/N-ethyl adjacent to an activating group) is 1. The highest BCUT2D eigenvalue weighted by atomic mass is 35.5. The molecule has 2 aromatic carbocycles. The quantitative estimate of drug-likeness (QED) is 0.494. The molecule has 2 rings (SSSR count). The normalized spacial score (nSPS) is 12.4. The number of nitrogens with one attached hydrogen (secondary N) is 1. The van der Waals surface area contributed by atoms with E-state index in [9.17, 15) is 18.0 Å². The molecule has 0 heterocycles. The zero-order valence-corrected chi connectivity index (χ0v) is 22.3. The molecule has 0 bridgehead atoms. The highest BCUT2D eigenvalue weighted by Crippen LogP contribution is 2.25. The average Bonchev–Trinajstić information content (AvgIpc) is 2.78. The topological polar surface area (TPSA) is 86.8 Å². The van der Waals surface area contributed by atoms with E-state index in [2.05, 4.69) is 5.32 Å². The van der Waals surface area contributed by atoms with Crippen molar-refractivity contribution in [3.8, 4) is 0 Å². The highest BCUT2D eigenvalue weighted by molar-refractivity contribution is 7.92. The van der Waals surface area contributed by atoms with Crippen LogP contribution in [0.25, 0.3) is 0 Å². The summed E-state index contributed by atoms with van der Waals surface area (Å²) >= 11 is 12.1. The van der Waals surface area contributed by atoms with Crippen LogP contribution in [0, 0.1) is 0 Å². The molecule has 0 spiro atoms. The first-order chi connectivity index (χ1) is 15.9. The Kier molecular flexibility index (Phi) is 9.79. The second-order valence-electron chi connectivity index (χ2n) is 8.32. The minimum Gasteiger partial charge on any atom is -0.357 e. The molecule has 0 saturated heterocycles. The summed E-state index contributed by atoms with van der Waals surface area (Å²) in [6.45, 7) is 5.48. The molecule has 2 amide bonds. The Morgan fingerprint density at radius 2 is 1.65 bits per heavy atom. The van der Waals surface area contributed by atoms with Crippen molar-refractivity contribution in [2.75, 3.05) is 24.2 Å². The van der Waals surface area contributed by atoms with Crippen LogP contribution in [0.2, 0.25) is 10.0 Å². The number of nitrogens with zero attached hydrogens (tertiary/aromatic N) is 2. The van der Waals surface area contributed by atoms with E-state index < -0.39 is 28.5 Å². The lowest BCUT2D eigenvalue weighted by Gasteiger charge is -2.32. The fourth-order valence-corrected chi connectivity index (χ4v) is 4.73. The van der Waals surface area contributed by atoms with Crippen LogP contribution in [0.15, 0.2) is 42.5 Å². The number of carbonyl (C=O) groups is 2. The molecule has 7 nitrogen and oxygen atoms in total. The van der Waals surface area contributed by atoms with Gasteiger partial charge in [0.1, 0.15) is 12.6 Å². The molecule has 0 saturated carbocycles. The van der Waals surface area contributed by atoms with Crippen molar-refractivity contribution < 1.29 is 18.0 Å². The number of halogens is 2. The summed E-state index contributed by atoms with van der Waals surface area (Å²) in [5, 5.41) is 3.27. The lowest BCUT2D eigenvalue weighted by molar-refractivity contribution is -0.140. The van der Waals surface area contributed by atoms with E-state index in [0.717, 1.165) is 16.1 Å². The molecule has 1 N–H and O–H groups in total. The third-order valence-corrected chi connectivity index (χ3v) is 7.38. The fourth-order valence-electron chi connectivity index (χ4n) is 3.56. The molecule has 0 aliphatic carbocycles. The van der Waals surface area contributed by atoms with Gasteiger partial charge in [0.25, 0.3) is 0 Å². The van der Waals surface area contributed by atoms with Crippen molar-refractivity contribution in [3.63, 3.8) is 0 Å². The smallest absolute Gasteiger partial charge is 0.244 e. The van der Waals surface area contributed by atoms with E-state index in [1.54, 1.807) is 37.3 Å². The molecule has 0 aromatic heterocycles. The van der Waals surface area contributed by atoms with Gasteiger partial charge in [-0.15, -0.1) is 0 Å². The van der Waals surface area contributed by atoms with Crippen molar-refractivity contribution in [1.29, 1.82) is 0 Å². The van der Waals surface area contributed by atoms with Gasteiger partial charge in [-0.1, -0.05) is 62.2 Å². The summed E-state index contributed by atoms with van der Waals surface area (Å²) in [5.41, 5.74) is 2.09. The maximum Gasteiger partial charge on any atom is 0.244 e. The Balaban J connectivity index is 2.43. The molecule has 0 aliphatic heterocycles. The van der Waals surface area contributed by atoms with Crippen LogP contribution in [0.5, 0.6) is 0 Å². The Hall–Kier alpha value is -2.29. The molecule has 1 atom stereocenters. The molecule has 0 fully saturated rings. The van der Waals surface area contributed by atoms with E-state index in [0.29, 0.717) is 27.7 Å². The van der Waals surface area contributed by atoms with Crippen LogP contribution in [0.4, 0.5) is 5.69 Å². The number of anilines is 1. The second-order valence-corrected chi connectivity index (χ2v) is 11.0. The van der Waals surface area contributed by atoms with Crippen molar-refractivity contribution in [2.45, 2.75) is 45.7 Å². The lowest BCUT2D eigenvalue weighted by Crippen LogP contribution is -2.51. The SMILES string of the molecule is CCC(C(=O)NC)N(Cc1ccc(Cl)c(Cl)c1)C(=O)CN(c1ccc(C(C)C)cc1)S(C)(=O)=O. The first-order valence-corrected chi connectivity index (χ1v) is 13.5. The third-order valence-electron chi connectivity index (χ3n) is 5.50. The molecule has 2 aromatic rings. The molecular formula is C24H31Cl2N3O4S. The van der Waals surface area contributed by atoms with Gasteiger partial charge in [0.2, 0.25) is 21.8 Å². The van der Waals surface area contributed by atoms with Gasteiger partial charge in [0.15, 0.2) is 0 Å². The second kappa shape index (κ2) is 11.9. The van der Waals surface area contributed by atoms with Crippen molar-refractivity contribution in [3.05, 3.63) is 63.6 Å². The molecule has 10 heteroatoms. The summed E-state index contributed by atoms with van der Waals surface area (Å²) in [7, 11) is -2.28. The first kappa shape index (κ1) is 28.0. The van der Waals surface area contributed by atoms with Crippen LogP contribution >= 0.6 is 23.2 Å².